The minimum Gasteiger partial charge on any atom is -0.368 e. The molecule has 40 heavy (non-hydrogen) atoms. The van der Waals surface area contributed by atoms with E-state index < -0.39 is 16.1 Å². The highest BCUT2D eigenvalue weighted by Crippen LogP contribution is 2.47. The van der Waals surface area contributed by atoms with Crippen LogP contribution >= 0.6 is 33.5 Å². The minimum atomic E-state index is -2.45. The molecule has 2 aromatic heterocycles. The highest BCUT2D eigenvalue weighted by atomic mass is 35.5. The first-order valence-corrected chi connectivity index (χ1v) is 16.8. The Balaban J connectivity index is 1.34. The maximum atomic E-state index is 13.5. The molecule has 2 aliphatic carbocycles. The highest BCUT2D eigenvalue weighted by molar-refractivity contribution is 8.24. The summed E-state index contributed by atoms with van der Waals surface area (Å²) in [6.07, 6.45) is 8.42. The number of hydrogen-bond donors (Lipinski definition) is 3. The molecule has 1 amide bonds. The van der Waals surface area contributed by atoms with Gasteiger partial charge >= 0.3 is 0 Å². The maximum Gasteiger partial charge on any atom is 0.225 e. The molecular weight excluding hydrogens is 566 g/mol. The van der Waals surface area contributed by atoms with Gasteiger partial charge in [0, 0.05) is 48.6 Å². The van der Waals surface area contributed by atoms with Gasteiger partial charge in [0.1, 0.15) is 10.5 Å². The molecule has 3 fully saturated rings. The molecule has 2 saturated carbocycles. The number of carbonyl (C=O) groups excluding carboxylic acids is 1. The van der Waals surface area contributed by atoms with E-state index in [0.717, 1.165) is 58.1 Å². The average molecular weight is 598 g/mol. The second kappa shape index (κ2) is 11.0. The number of pyridine rings is 1. The van der Waals surface area contributed by atoms with Crippen molar-refractivity contribution in [1.82, 2.24) is 15.3 Å². The number of thiazole rings is 1. The number of rotatable bonds is 6. The Morgan fingerprint density at radius 2 is 1.85 bits per heavy atom. The number of carbonyl (C=O) groups is 1. The predicted molar refractivity (Wildman–Crippen MR) is 161 cm³/mol. The maximum absolute atomic E-state index is 13.5. The van der Waals surface area contributed by atoms with Crippen LogP contribution in [0.4, 0.5) is 5.69 Å². The van der Waals surface area contributed by atoms with Crippen molar-refractivity contribution in [1.29, 1.82) is 5.26 Å². The van der Waals surface area contributed by atoms with Gasteiger partial charge in [-0.05, 0) is 49.4 Å². The summed E-state index contributed by atoms with van der Waals surface area (Å²) in [4.78, 5) is 26.1. The normalized spacial score (nSPS) is 24.1. The lowest BCUT2D eigenvalue weighted by Crippen LogP contribution is -2.42. The van der Waals surface area contributed by atoms with Crippen LogP contribution in [-0.2, 0) is 4.79 Å². The van der Waals surface area contributed by atoms with Crippen molar-refractivity contribution in [2.75, 3.05) is 29.5 Å². The van der Waals surface area contributed by atoms with E-state index in [1.54, 1.807) is 23.7 Å². The van der Waals surface area contributed by atoms with Crippen LogP contribution in [0.2, 0.25) is 5.02 Å². The molecule has 3 N–H and O–H groups in total. The SMILES string of the molecule is N#CC1(NC(=O)[C@@H]2CCCC[C@H]2c2nc(-c3cncc(Cl)c3)sc2-c2ccc(N3CCS(O)(O)CC3)cc2)CC1. The fourth-order valence-corrected chi connectivity index (χ4v) is 8.27. The molecule has 3 aromatic rings. The van der Waals surface area contributed by atoms with E-state index in [2.05, 4.69) is 45.5 Å². The zero-order valence-electron chi connectivity index (χ0n) is 22.1. The summed E-state index contributed by atoms with van der Waals surface area (Å²) in [6, 6.07) is 12.5. The van der Waals surface area contributed by atoms with Crippen LogP contribution in [-0.4, -0.2) is 55.1 Å². The molecule has 1 saturated heterocycles. The lowest BCUT2D eigenvalue weighted by atomic mass is 9.76. The van der Waals surface area contributed by atoms with Gasteiger partial charge in [0.2, 0.25) is 5.91 Å². The third kappa shape index (κ3) is 5.71. The molecule has 0 unspecified atom stereocenters. The molecule has 2 atom stereocenters. The zero-order chi connectivity index (χ0) is 27.9. The smallest absolute Gasteiger partial charge is 0.225 e. The number of benzene rings is 1. The summed E-state index contributed by atoms with van der Waals surface area (Å²) in [5, 5.41) is 14.0. The fourth-order valence-electron chi connectivity index (χ4n) is 5.74. The van der Waals surface area contributed by atoms with E-state index in [4.69, 9.17) is 16.6 Å². The third-order valence-electron chi connectivity index (χ3n) is 8.26. The molecule has 1 aromatic carbocycles. The molecule has 0 spiro atoms. The van der Waals surface area contributed by atoms with Crippen LogP contribution in [0.3, 0.4) is 0 Å². The predicted octanol–water partition coefficient (Wildman–Crippen LogP) is 6.54. The minimum absolute atomic E-state index is 0.0416. The topological polar surface area (TPSA) is 122 Å². The van der Waals surface area contributed by atoms with Gasteiger partial charge in [-0.1, -0.05) is 36.6 Å². The molecule has 3 aliphatic rings. The molecule has 8 nitrogen and oxygen atoms in total. The van der Waals surface area contributed by atoms with Crippen molar-refractivity contribution in [3.8, 4) is 27.1 Å². The van der Waals surface area contributed by atoms with Gasteiger partial charge in [-0.3, -0.25) is 18.9 Å². The van der Waals surface area contributed by atoms with Crippen molar-refractivity contribution in [2.45, 2.75) is 50.0 Å². The van der Waals surface area contributed by atoms with E-state index in [1.807, 2.05) is 6.07 Å². The van der Waals surface area contributed by atoms with Crippen molar-refractivity contribution in [3.05, 3.63) is 53.4 Å². The number of aromatic nitrogens is 2. The third-order valence-corrected chi connectivity index (χ3v) is 11.3. The van der Waals surface area contributed by atoms with Gasteiger partial charge in [0.05, 0.1) is 33.2 Å². The van der Waals surface area contributed by atoms with Crippen molar-refractivity contribution in [2.24, 2.45) is 5.92 Å². The van der Waals surface area contributed by atoms with Crippen LogP contribution in [0, 0.1) is 17.2 Å². The Morgan fingerprint density at radius 3 is 2.52 bits per heavy atom. The first kappa shape index (κ1) is 27.5. The molecule has 210 valence electrons. The fraction of sp³-hybridized carbons (Fsp3) is 0.448. The van der Waals surface area contributed by atoms with E-state index in [-0.39, 0.29) is 17.7 Å². The number of halogens is 1. The number of nitriles is 1. The second-order valence-corrected chi connectivity index (χ2v) is 14.9. The van der Waals surface area contributed by atoms with E-state index in [0.29, 0.717) is 42.5 Å². The zero-order valence-corrected chi connectivity index (χ0v) is 24.4. The van der Waals surface area contributed by atoms with Crippen LogP contribution in [0.25, 0.3) is 21.0 Å². The van der Waals surface area contributed by atoms with E-state index in [9.17, 15) is 19.2 Å². The van der Waals surface area contributed by atoms with Crippen molar-refractivity contribution in [3.63, 3.8) is 0 Å². The standard InChI is InChI=1S/C29H32ClN5O3S2/c30-21-15-20(16-32-17-21)28-33-25(23-3-1-2-4-24(23)27(36)34-29(18-31)9-10-29)26(39-28)19-5-7-22(8-6-19)35-11-13-40(37,38)14-12-35/h5-8,15-17,23-24,37-38H,1-4,9-14H2,(H,34,36)/t23-,24-/m1/s1. The Morgan fingerprint density at radius 1 is 1.12 bits per heavy atom. The van der Waals surface area contributed by atoms with E-state index in [1.165, 1.54) is 0 Å². The molecule has 6 rings (SSSR count). The van der Waals surface area contributed by atoms with Gasteiger partial charge in [-0.2, -0.15) is 15.9 Å². The van der Waals surface area contributed by atoms with E-state index >= 15 is 0 Å². The van der Waals surface area contributed by atoms with Gasteiger partial charge in [0.25, 0.3) is 0 Å². The monoisotopic (exact) mass is 597 g/mol. The van der Waals surface area contributed by atoms with Gasteiger partial charge in [0.15, 0.2) is 0 Å². The van der Waals surface area contributed by atoms with Gasteiger partial charge in [-0.15, -0.1) is 11.3 Å². The summed E-state index contributed by atoms with van der Waals surface area (Å²) >= 11 is 7.85. The average Bonchev–Trinajstić information content (AvgIpc) is 3.59. The molecule has 0 radical (unpaired) electrons. The molecule has 3 heterocycles. The van der Waals surface area contributed by atoms with Gasteiger partial charge < -0.3 is 10.2 Å². The quantitative estimate of drug-likeness (QED) is 0.295. The first-order valence-electron chi connectivity index (χ1n) is 13.7. The number of amides is 1. The Kier molecular flexibility index (Phi) is 7.53. The van der Waals surface area contributed by atoms with Crippen LogP contribution in [0.5, 0.6) is 0 Å². The molecule has 11 heteroatoms. The van der Waals surface area contributed by atoms with Crippen LogP contribution in [0.1, 0.15) is 50.1 Å². The highest BCUT2D eigenvalue weighted by Gasteiger charge is 2.47. The number of nitrogens with zero attached hydrogens (tertiary/aromatic N) is 4. The second-order valence-electron chi connectivity index (χ2n) is 11.1. The molecule has 1 aliphatic heterocycles. The Bertz CT molecular complexity index is 1440. The van der Waals surface area contributed by atoms with Crippen LogP contribution in [0.15, 0.2) is 42.7 Å². The number of anilines is 1. The number of nitrogens with one attached hydrogen (secondary N) is 1. The number of hydrogen-bond acceptors (Lipinski definition) is 8. The summed E-state index contributed by atoms with van der Waals surface area (Å²) in [5.74, 6) is 0.451. The first-order chi connectivity index (χ1) is 19.3. The van der Waals surface area contributed by atoms with Crippen molar-refractivity contribution >= 4 is 45.1 Å². The summed E-state index contributed by atoms with van der Waals surface area (Å²) in [5.41, 5.74) is 3.14. The summed E-state index contributed by atoms with van der Waals surface area (Å²) in [7, 11) is -2.45. The molecule has 0 bridgehead atoms. The molecular formula is C29H32ClN5O3S2. The van der Waals surface area contributed by atoms with Gasteiger partial charge in [-0.25, -0.2) is 4.98 Å². The van der Waals surface area contributed by atoms with Crippen LogP contribution < -0.4 is 10.2 Å². The largest absolute Gasteiger partial charge is 0.368 e. The Labute approximate surface area is 244 Å². The van der Waals surface area contributed by atoms with Crippen molar-refractivity contribution < 1.29 is 13.9 Å². The summed E-state index contributed by atoms with van der Waals surface area (Å²) in [6.45, 7) is 1.23. The Hall–Kier alpha value is -2.68. The lowest BCUT2D eigenvalue weighted by Gasteiger charge is -2.41. The lowest BCUT2D eigenvalue weighted by molar-refractivity contribution is -0.127. The summed E-state index contributed by atoms with van der Waals surface area (Å²) < 4.78 is 20.0.